The second-order valence-corrected chi connectivity index (χ2v) is 25.5. The first-order valence-corrected chi connectivity index (χ1v) is 20.8. The Kier molecular flexibility index (Phi) is 8.50. The van der Waals surface area contributed by atoms with Crippen molar-refractivity contribution in [3.63, 3.8) is 0 Å². The Balaban J connectivity index is 5.14. The molecule has 3 nitrogen and oxygen atoms in total. The molecule has 0 aromatic heterocycles. The van der Waals surface area contributed by atoms with E-state index in [1.165, 1.54) is 12.8 Å². The van der Waals surface area contributed by atoms with E-state index < -0.39 is 33.8 Å². The van der Waals surface area contributed by atoms with Gasteiger partial charge in [0.1, 0.15) is 0 Å². The van der Waals surface area contributed by atoms with E-state index in [1.807, 2.05) is 0 Å². The molecule has 0 aromatic carbocycles. The molecular weight excluding hydrogens is 341 g/mol. The van der Waals surface area contributed by atoms with E-state index in [1.54, 1.807) is 0 Å². The Morgan fingerprint density at radius 2 is 1.18 bits per heavy atom. The normalized spacial score (nSPS) is 18.1. The summed E-state index contributed by atoms with van der Waals surface area (Å²) in [6, 6.07) is 1.08. The molecule has 0 spiro atoms. The van der Waals surface area contributed by atoms with Gasteiger partial charge in [-0.3, -0.25) is 0 Å². The van der Waals surface area contributed by atoms with Gasteiger partial charge in [0.2, 0.25) is 0 Å². The van der Waals surface area contributed by atoms with Crippen molar-refractivity contribution in [2.24, 2.45) is 5.92 Å². The molecule has 0 N–H and O–H groups in total. The van der Waals surface area contributed by atoms with Gasteiger partial charge in [0.05, 0.1) is 0 Å². The highest BCUT2D eigenvalue weighted by Gasteiger charge is 2.44. The van der Waals surface area contributed by atoms with Crippen molar-refractivity contribution in [1.82, 2.24) is 0 Å². The van der Waals surface area contributed by atoms with Crippen LogP contribution in [0, 0.1) is 5.92 Å². The van der Waals surface area contributed by atoms with Crippen molar-refractivity contribution < 1.29 is 12.3 Å². The number of rotatable bonds is 10. The average molecular weight is 381 g/mol. The summed E-state index contributed by atoms with van der Waals surface area (Å²) in [5.41, 5.74) is 0. The molecule has 0 aliphatic rings. The standard InChI is InChI=1S/C15H40O3Si4/c1-12-13-15(2)14-22(11,17-20(6,7)8)18-21(9,10)16-19(3,4)5/h15H,12-14H2,1-11H3. The molecule has 7 heteroatoms. The van der Waals surface area contributed by atoms with Crippen molar-refractivity contribution in [3.05, 3.63) is 0 Å². The fraction of sp³-hybridized carbons (Fsp3) is 1.00. The highest BCUT2D eigenvalue weighted by atomic mass is 28.5. The predicted molar refractivity (Wildman–Crippen MR) is 108 cm³/mol. The van der Waals surface area contributed by atoms with Gasteiger partial charge in [0.25, 0.3) is 0 Å². The molecule has 0 heterocycles. The van der Waals surface area contributed by atoms with Crippen molar-refractivity contribution in [2.45, 2.75) is 91.7 Å². The summed E-state index contributed by atoms with van der Waals surface area (Å²) in [5, 5.41) is 0. The van der Waals surface area contributed by atoms with E-state index in [0.29, 0.717) is 5.92 Å². The Morgan fingerprint density at radius 3 is 1.55 bits per heavy atom. The molecule has 0 bridgehead atoms. The van der Waals surface area contributed by atoms with Gasteiger partial charge in [-0.2, -0.15) is 0 Å². The van der Waals surface area contributed by atoms with Crippen LogP contribution in [-0.2, 0) is 12.3 Å². The predicted octanol–water partition coefficient (Wildman–Crippen LogP) is 5.92. The zero-order valence-corrected chi connectivity index (χ0v) is 20.9. The monoisotopic (exact) mass is 380 g/mol. The van der Waals surface area contributed by atoms with Crippen molar-refractivity contribution >= 4 is 33.8 Å². The molecule has 0 amide bonds. The summed E-state index contributed by atoms with van der Waals surface area (Å²) in [4.78, 5) is 0. The van der Waals surface area contributed by atoms with Crippen LogP contribution in [-0.4, -0.2) is 33.8 Å². The second-order valence-electron chi connectivity index (χ2n) is 9.16. The third-order valence-corrected chi connectivity index (χ3v) is 16.8. The summed E-state index contributed by atoms with van der Waals surface area (Å²) in [6.07, 6.45) is 2.47. The van der Waals surface area contributed by atoms with E-state index in [9.17, 15) is 0 Å². The first kappa shape index (κ1) is 22.7. The molecule has 0 aromatic rings. The molecule has 0 fully saturated rings. The molecule has 2 atom stereocenters. The minimum Gasteiger partial charge on any atom is -0.437 e. The largest absolute Gasteiger partial charge is 0.437 e. The lowest BCUT2D eigenvalue weighted by Crippen LogP contribution is -2.57. The van der Waals surface area contributed by atoms with Gasteiger partial charge in [-0.15, -0.1) is 0 Å². The van der Waals surface area contributed by atoms with Crippen molar-refractivity contribution in [2.75, 3.05) is 0 Å². The second kappa shape index (κ2) is 8.22. The van der Waals surface area contributed by atoms with E-state index >= 15 is 0 Å². The fourth-order valence-corrected chi connectivity index (χ4v) is 21.7. The van der Waals surface area contributed by atoms with Crippen LogP contribution in [0.25, 0.3) is 0 Å². The van der Waals surface area contributed by atoms with Crippen LogP contribution in [0.3, 0.4) is 0 Å². The summed E-state index contributed by atoms with van der Waals surface area (Å²) in [6.45, 7) is 24.7. The maximum Gasteiger partial charge on any atom is 0.316 e. The van der Waals surface area contributed by atoms with Gasteiger partial charge in [0.15, 0.2) is 16.6 Å². The minimum atomic E-state index is -2.20. The summed E-state index contributed by atoms with van der Waals surface area (Å²) < 4.78 is 19.7. The van der Waals surface area contributed by atoms with Crippen LogP contribution in [0.4, 0.5) is 0 Å². The summed E-state index contributed by atoms with van der Waals surface area (Å²) in [7, 11) is -7.56. The van der Waals surface area contributed by atoms with Crippen LogP contribution in [0.2, 0.25) is 65.0 Å². The number of hydrogen-bond donors (Lipinski definition) is 0. The SMILES string of the molecule is CCCC(C)C[Si](C)(O[Si](C)(C)C)O[Si](C)(C)O[Si](C)(C)C. The molecule has 0 rings (SSSR count). The average Bonchev–Trinajstić information content (AvgIpc) is 2.06. The smallest absolute Gasteiger partial charge is 0.316 e. The lowest BCUT2D eigenvalue weighted by molar-refractivity contribution is 0.314. The first-order valence-electron chi connectivity index (χ1n) is 8.68. The Labute approximate surface area is 143 Å². The molecule has 0 saturated heterocycles. The van der Waals surface area contributed by atoms with Crippen LogP contribution >= 0.6 is 0 Å². The highest BCUT2D eigenvalue weighted by Crippen LogP contribution is 2.30. The van der Waals surface area contributed by atoms with Crippen LogP contribution < -0.4 is 0 Å². The lowest BCUT2D eigenvalue weighted by atomic mass is 10.1. The van der Waals surface area contributed by atoms with Gasteiger partial charge >= 0.3 is 17.1 Å². The van der Waals surface area contributed by atoms with E-state index in [4.69, 9.17) is 12.3 Å². The quantitative estimate of drug-likeness (QED) is 0.440. The van der Waals surface area contributed by atoms with Gasteiger partial charge in [-0.25, -0.2) is 0 Å². The lowest BCUT2D eigenvalue weighted by Gasteiger charge is -2.42. The van der Waals surface area contributed by atoms with Crippen molar-refractivity contribution in [3.8, 4) is 0 Å². The minimum absolute atomic E-state index is 0.662. The van der Waals surface area contributed by atoms with Crippen LogP contribution in [0.5, 0.6) is 0 Å². The van der Waals surface area contributed by atoms with Crippen LogP contribution in [0.15, 0.2) is 0 Å². The Morgan fingerprint density at radius 1 is 0.727 bits per heavy atom. The van der Waals surface area contributed by atoms with E-state index in [0.717, 1.165) is 6.04 Å². The molecule has 2 unspecified atom stereocenters. The van der Waals surface area contributed by atoms with Gasteiger partial charge in [0, 0.05) is 0 Å². The van der Waals surface area contributed by atoms with E-state index in [2.05, 4.69) is 72.8 Å². The molecule has 0 aliphatic carbocycles. The third kappa shape index (κ3) is 11.3. The molecular formula is C15H40O3Si4. The van der Waals surface area contributed by atoms with Gasteiger partial charge in [-0.05, 0) is 70.9 Å². The topological polar surface area (TPSA) is 27.7 Å². The third-order valence-electron chi connectivity index (χ3n) is 3.04. The Bertz CT molecular complexity index is 337. The highest BCUT2D eigenvalue weighted by molar-refractivity contribution is 6.89. The zero-order chi connectivity index (χ0) is 17.8. The maximum atomic E-state index is 6.70. The fourth-order valence-electron chi connectivity index (χ4n) is 3.26. The molecule has 0 aliphatic heterocycles. The van der Waals surface area contributed by atoms with Gasteiger partial charge in [-0.1, -0.05) is 26.7 Å². The zero-order valence-electron chi connectivity index (χ0n) is 16.9. The van der Waals surface area contributed by atoms with E-state index in [-0.39, 0.29) is 0 Å². The summed E-state index contributed by atoms with van der Waals surface area (Å²) >= 11 is 0. The molecule has 0 saturated carbocycles. The summed E-state index contributed by atoms with van der Waals surface area (Å²) in [5.74, 6) is 0.662. The maximum absolute atomic E-state index is 6.70. The Hall–Kier alpha value is 0.748. The molecule has 134 valence electrons. The van der Waals surface area contributed by atoms with Gasteiger partial charge < -0.3 is 12.3 Å². The first-order chi connectivity index (χ1) is 9.58. The molecule has 0 radical (unpaired) electrons. The number of hydrogen-bond acceptors (Lipinski definition) is 3. The van der Waals surface area contributed by atoms with Crippen LogP contribution in [0.1, 0.15) is 26.7 Å². The molecule has 22 heavy (non-hydrogen) atoms. The van der Waals surface area contributed by atoms with Crippen molar-refractivity contribution in [1.29, 1.82) is 0 Å².